The average Bonchev–Trinajstić information content (AvgIpc) is 3.60. The summed E-state index contributed by atoms with van der Waals surface area (Å²) in [5.41, 5.74) is 16.9. The molecule has 0 aliphatic heterocycles. The predicted octanol–water partition coefficient (Wildman–Crippen LogP) is 18.9. The van der Waals surface area contributed by atoms with Crippen molar-refractivity contribution in [2.45, 2.75) is 18.1 Å². The fourth-order valence-corrected chi connectivity index (χ4v) is 9.75. The van der Waals surface area contributed by atoms with E-state index in [1.807, 2.05) is 72.8 Å². The van der Waals surface area contributed by atoms with E-state index in [9.17, 15) is 0 Å². The van der Waals surface area contributed by atoms with Crippen molar-refractivity contribution >= 4 is 17.1 Å². The molecular formula is C78H63N3. The van der Waals surface area contributed by atoms with E-state index in [0.29, 0.717) is 0 Å². The van der Waals surface area contributed by atoms with Crippen LogP contribution in [-0.4, -0.2) is 17.1 Å². The molecule has 0 aromatic heterocycles. The van der Waals surface area contributed by atoms with E-state index >= 15 is 0 Å². The molecule has 0 radical (unpaired) electrons. The van der Waals surface area contributed by atoms with E-state index in [2.05, 4.69) is 291 Å². The second-order valence-corrected chi connectivity index (χ2v) is 19.3. The summed E-state index contributed by atoms with van der Waals surface area (Å²) >= 11 is 0. The van der Waals surface area contributed by atoms with E-state index in [-0.39, 0.29) is 18.1 Å². The first-order chi connectivity index (χ1) is 40.2. The lowest BCUT2D eigenvalue weighted by Gasteiger charge is -2.17. The van der Waals surface area contributed by atoms with E-state index in [1.54, 1.807) is 0 Å². The van der Waals surface area contributed by atoms with Crippen LogP contribution in [0.4, 0.5) is 0 Å². The van der Waals surface area contributed by atoms with Crippen molar-refractivity contribution in [3.05, 3.63) is 431 Å². The lowest BCUT2D eigenvalue weighted by atomic mass is 9.97. The van der Waals surface area contributed by atoms with Crippen LogP contribution in [0.3, 0.4) is 0 Å². The van der Waals surface area contributed by atoms with Crippen LogP contribution in [0, 0.1) is 0 Å². The van der Waals surface area contributed by atoms with Gasteiger partial charge in [-0.05, 0) is 33.4 Å². The van der Waals surface area contributed by atoms with Crippen molar-refractivity contribution in [3.8, 4) is 0 Å². The number of rotatable bonds is 15. The topological polar surface area (TPSA) is 37.1 Å². The molecule has 3 nitrogen and oxygen atoms in total. The van der Waals surface area contributed by atoms with Crippen LogP contribution >= 0.6 is 0 Å². The lowest BCUT2D eigenvalue weighted by Crippen LogP contribution is -2.08. The van der Waals surface area contributed by atoms with Crippen molar-refractivity contribution in [2.24, 2.45) is 15.0 Å². The van der Waals surface area contributed by atoms with Gasteiger partial charge in [0, 0.05) is 33.4 Å². The second-order valence-electron chi connectivity index (χ2n) is 19.3. The van der Waals surface area contributed by atoms with Crippen molar-refractivity contribution in [3.63, 3.8) is 0 Å². The molecule has 0 bridgehead atoms. The minimum absolute atomic E-state index is 0.0530. The first-order valence-electron chi connectivity index (χ1n) is 27.6. The molecule has 0 fully saturated rings. The van der Waals surface area contributed by atoms with Gasteiger partial charge in [-0.3, -0.25) is 15.0 Å². The Morgan fingerprint density at radius 1 is 0.148 bits per heavy atom. The van der Waals surface area contributed by atoms with Gasteiger partial charge in [0.05, 0.1) is 17.1 Å². The van der Waals surface area contributed by atoms with E-state index < -0.39 is 0 Å². The van der Waals surface area contributed by atoms with Gasteiger partial charge in [0.2, 0.25) is 0 Å². The Labute approximate surface area is 478 Å². The Kier molecular flexibility index (Phi) is 19.2. The molecular weight excluding hydrogens is 979 g/mol. The van der Waals surface area contributed by atoms with Gasteiger partial charge in [0.25, 0.3) is 0 Å². The third-order valence-corrected chi connectivity index (χ3v) is 13.7. The van der Waals surface area contributed by atoms with Crippen molar-refractivity contribution in [1.29, 1.82) is 0 Å². The Bertz CT molecular complexity index is 3140. The highest BCUT2D eigenvalue weighted by Crippen LogP contribution is 2.31. The lowest BCUT2D eigenvalue weighted by molar-refractivity contribution is 0.873. The Morgan fingerprint density at radius 2 is 0.259 bits per heavy atom. The Balaban J connectivity index is 0.000000136. The average molecular weight is 1040 g/mol. The zero-order valence-electron chi connectivity index (χ0n) is 45.2. The van der Waals surface area contributed by atoms with Gasteiger partial charge < -0.3 is 0 Å². The monoisotopic (exact) mass is 1040 g/mol. The molecule has 81 heavy (non-hydrogen) atoms. The van der Waals surface area contributed by atoms with Crippen molar-refractivity contribution in [1.82, 2.24) is 0 Å². The summed E-state index contributed by atoms with van der Waals surface area (Å²) in [5.74, 6) is 0. The molecule has 0 saturated heterocycles. The molecule has 12 aromatic rings. The van der Waals surface area contributed by atoms with Gasteiger partial charge >= 0.3 is 0 Å². The Morgan fingerprint density at radius 3 is 0.383 bits per heavy atom. The number of nitrogens with zero attached hydrogens (tertiary/aromatic N) is 3. The van der Waals surface area contributed by atoms with Crippen molar-refractivity contribution < 1.29 is 0 Å². The molecule has 0 saturated carbocycles. The summed E-state index contributed by atoms with van der Waals surface area (Å²) < 4.78 is 0. The molecule has 0 amide bonds. The number of aliphatic imine (C=N–C) groups is 3. The SMILES string of the molecule is c1ccc(C(=NC(c2ccccc2)c2ccccc2)c2ccccc2)cc1.c1ccc(C(=NC(c2ccccc2)c2ccccc2)c2ccccc2)cc1.c1ccc(C(=NC(c2ccccc2)c2ccccc2)c2ccccc2)cc1. The number of hydrogen-bond donors (Lipinski definition) is 0. The van der Waals surface area contributed by atoms with Gasteiger partial charge in [-0.15, -0.1) is 0 Å². The van der Waals surface area contributed by atoms with E-state index in [1.165, 1.54) is 33.4 Å². The predicted molar refractivity (Wildman–Crippen MR) is 340 cm³/mol. The highest BCUT2D eigenvalue weighted by atomic mass is 14.8. The smallest absolute Gasteiger partial charge is 0.101 e. The molecule has 0 aliphatic carbocycles. The first kappa shape index (κ1) is 54.0. The van der Waals surface area contributed by atoms with Crippen LogP contribution in [0.25, 0.3) is 0 Å². The largest absolute Gasteiger partial charge is 0.271 e. The Hall–Kier alpha value is -10.4. The van der Waals surface area contributed by atoms with Crippen LogP contribution in [0.15, 0.2) is 379 Å². The highest BCUT2D eigenvalue weighted by molar-refractivity contribution is 6.14. The standard InChI is InChI=1S/3C26H21N/c3*1-5-13-21(14-6-1)25(22-15-7-2-8-16-22)27-26(23-17-9-3-10-18-23)24-19-11-4-12-20-24/h3*1-20,25H. The number of hydrogen-bond acceptors (Lipinski definition) is 3. The molecule has 0 aliphatic rings. The van der Waals surface area contributed by atoms with Crippen LogP contribution < -0.4 is 0 Å². The van der Waals surface area contributed by atoms with E-state index in [4.69, 9.17) is 15.0 Å². The minimum atomic E-state index is -0.0530. The summed E-state index contributed by atoms with van der Waals surface area (Å²) in [6.45, 7) is 0. The molecule has 12 rings (SSSR count). The maximum atomic E-state index is 5.27. The molecule has 0 atom stereocenters. The zero-order valence-corrected chi connectivity index (χ0v) is 45.2. The molecule has 0 spiro atoms. The summed E-state index contributed by atoms with van der Waals surface area (Å²) in [7, 11) is 0. The number of benzene rings is 12. The zero-order chi connectivity index (χ0) is 54.9. The van der Waals surface area contributed by atoms with Crippen LogP contribution in [0.2, 0.25) is 0 Å². The summed E-state index contributed by atoms with van der Waals surface area (Å²) in [4.78, 5) is 15.8. The third kappa shape index (κ3) is 15.0. The minimum Gasteiger partial charge on any atom is -0.271 e. The summed E-state index contributed by atoms with van der Waals surface area (Å²) in [6, 6.07) is 125. The van der Waals surface area contributed by atoms with Gasteiger partial charge in [-0.25, -0.2) is 0 Å². The molecule has 0 N–H and O–H groups in total. The van der Waals surface area contributed by atoms with Crippen LogP contribution in [-0.2, 0) is 0 Å². The quantitative estimate of drug-likeness (QED) is 0.0918. The summed E-state index contributed by atoms with van der Waals surface area (Å²) in [6.07, 6.45) is 0. The fraction of sp³-hybridized carbons (Fsp3) is 0.0385. The molecule has 390 valence electrons. The van der Waals surface area contributed by atoms with Gasteiger partial charge in [-0.1, -0.05) is 364 Å². The normalized spacial score (nSPS) is 10.6. The second kappa shape index (κ2) is 28.9. The van der Waals surface area contributed by atoms with Crippen molar-refractivity contribution in [2.75, 3.05) is 0 Å². The molecule has 0 unspecified atom stereocenters. The highest BCUT2D eigenvalue weighted by Gasteiger charge is 2.19. The van der Waals surface area contributed by atoms with Crippen LogP contribution in [0.1, 0.15) is 84.9 Å². The van der Waals surface area contributed by atoms with Gasteiger partial charge in [0.15, 0.2) is 0 Å². The first-order valence-corrected chi connectivity index (χ1v) is 27.6. The fourth-order valence-electron chi connectivity index (χ4n) is 9.75. The van der Waals surface area contributed by atoms with E-state index in [0.717, 1.165) is 50.5 Å². The maximum Gasteiger partial charge on any atom is 0.101 e. The van der Waals surface area contributed by atoms with Gasteiger partial charge in [0.1, 0.15) is 18.1 Å². The molecule has 0 heterocycles. The van der Waals surface area contributed by atoms with Gasteiger partial charge in [-0.2, -0.15) is 0 Å². The molecule has 12 aromatic carbocycles. The van der Waals surface area contributed by atoms with Crippen LogP contribution in [0.5, 0.6) is 0 Å². The summed E-state index contributed by atoms with van der Waals surface area (Å²) in [5, 5.41) is 0. The molecule has 3 heteroatoms. The maximum absolute atomic E-state index is 5.27. The third-order valence-electron chi connectivity index (χ3n) is 13.7.